The Balaban J connectivity index is 1.70. The number of benzene rings is 1. The fourth-order valence-corrected chi connectivity index (χ4v) is 2.46. The minimum Gasteiger partial charge on any atom is -0.377 e. The normalized spacial score (nSPS) is 15.4. The molecule has 1 N–H and O–H groups in total. The smallest absolute Gasteiger partial charge is 0.377 e. The highest BCUT2D eigenvalue weighted by Crippen LogP contribution is 2.23. The van der Waals surface area contributed by atoms with Crippen LogP contribution in [-0.4, -0.2) is 18.8 Å². The summed E-state index contributed by atoms with van der Waals surface area (Å²) in [4.78, 5) is 0. The van der Waals surface area contributed by atoms with E-state index >= 15 is 0 Å². The van der Waals surface area contributed by atoms with E-state index < -0.39 is 12.6 Å². The third-order valence-corrected chi connectivity index (χ3v) is 4.03. The first-order valence-electron chi connectivity index (χ1n) is 7.09. The predicted molar refractivity (Wildman–Crippen MR) is 78.9 cm³/mol. The molecule has 1 fully saturated rings. The summed E-state index contributed by atoms with van der Waals surface area (Å²) in [5, 5.41) is 3.43. The molecule has 1 aromatic rings. The molecule has 0 amide bonds. The summed E-state index contributed by atoms with van der Waals surface area (Å²) in [5.41, 5.74) is 2.15. The molecule has 118 valence electrons. The third-order valence-electron chi connectivity index (χ3n) is 3.30. The van der Waals surface area contributed by atoms with E-state index in [1.807, 2.05) is 18.2 Å². The Morgan fingerprint density at radius 1 is 1.29 bits per heavy atom. The molecule has 0 aliphatic heterocycles. The molecule has 0 aromatic heterocycles. The van der Waals surface area contributed by atoms with E-state index in [0.29, 0.717) is 12.6 Å². The van der Waals surface area contributed by atoms with Gasteiger partial charge in [-0.15, -0.1) is 0 Å². The van der Waals surface area contributed by atoms with E-state index in [2.05, 4.69) is 21.2 Å². The van der Waals surface area contributed by atoms with Crippen molar-refractivity contribution >= 4 is 15.9 Å². The van der Waals surface area contributed by atoms with Crippen molar-refractivity contribution in [3.05, 3.63) is 33.8 Å². The molecule has 1 aliphatic carbocycles. The van der Waals surface area contributed by atoms with Crippen LogP contribution < -0.4 is 5.32 Å². The monoisotopic (exact) mass is 365 g/mol. The van der Waals surface area contributed by atoms with Gasteiger partial charge in [0.15, 0.2) is 0 Å². The van der Waals surface area contributed by atoms with Gasteiger partial charge in [-0.3, -0.25) is 0 Å². The summed E-state index contributed by atoms with van der Waals surface area (Å²) in [6.45, 7) is 1.29. The highest BCUT2D eigenvalue weighted by Gasteiger charge is 2.25. The molecule has 0 radical (unpaired) electrons. The topological polar surface area (TPSA) is 21.3 Å². The molecule has 21 heavy (non-hydrogen) atoms. The molecule has 1 saturated carbocycles. The maximum atomic E-state index is 12.0. The van der Waals surface area contributed by atoms with Crippen molar-refractivity contribution in [2.45, 2.75) is 51.1 Å². The van der Waals surface area contributed by atoms with Gasteiger partial charge in [-0.25, -0.2) is 0 Å². The highest BCUT2D eigenvalue weighted by molar-refractivity contribution is 9.10. The number of hydrogen-bond donors (Lipinski definition) is 1. The van der Waals surface area contributed by atoms with E-state index in [1.165, 1.54) is 18.4 Å². The Hall–Kier alpha value is -0.590. The number of rotatable bonds is 8. The van der Waals surface area contributed by atoms with Crippen LogP contribution >= 0.6 is 15.9 Å². The van der Waals surface area contributed by atoms with Gasteiger partial charge in [0.1, 0.15) is 0 Å². The standard InChI is InChI=1S/C15H19BrF3NO/c16-14-8-11(9-20-13-4-5-13)2-3-12(14)10-21-7-1-6-15(17,18)19/h2-3,8,13,20H,1,4-7,9-10H2. The number of hydrogen-bond acceptors (Lipinski definition) is 2. The summed E-state index contributed by atoms with van der Waals surface area (Å²) in [5.74, 6) is 0. The Morgan fingerprint density at radius 3 is 2.67 bits per heavy atom. The van der Waals surface area contributed by atoms with E-state index in [-0.39, 0.29) is 13.0 Å². The zero-order valence-corrected chi connectivity index (χ0v) is 13.3. The highest BCUT2D eigenvalue weighted by atomic mass is 79.9. The molecular formula is C15H19BrF3NO. The summed E-state index contributed by atoms with van der Waals surface area (Å²) in [6, 6.07) is 6.68. The van der Waals surface area contributed by atoms with Gasteiger partial charge in [0.25, 0.3) is 0 Å². The summed E-state index contributed by atoms with van der Waals surface area (Å²) < 4.78 is 42.2. The first-order chi connectivity index (χ1) is 9.94. The molecular weight excluding hydrogens is 347 g/mol. The van der Waals surface area contributed by atoms with Gasteiger partial charge in [-0.1, -0.05) is 28.1 Å². The van der Waals surface area contributed by atoms with Crippen LogP contribution in [0.15, 0.2) is 22.7 Å². The van der Waals surface area contributed by atoms with Crippen LogP contribution in [0.3, 0.4) is 0 Å². The lowest BCUT2D eigenvalue weighted by Crippen LogP contribution is -2.15. The van der Waals surface area contributed by atoms with E-state index in [0.717, 1.165) is 16.6 Å². The van der Waals surface area contributed by atoms with Crippen molar-refractivity contribution < 1.29 is 17.9 Å². The number of alkyl halides is 3. The second kappa shape index (κ2) is 7.61. The lowest BCUT2D eigenvalue weighted by atomic mass is 10.1. The molecule has 0 heterocycles. The van der Waals surface area contributed by atoms with Crippen molar-refractivity contribution in [2.75, 3.05) is 6.61 Å². The summed E-state index contributed by atoms with van der Waals surface area (Å²) in [6.07, 6.45) is -2.37. The first kappa shape index (κ1) is 16.8. The average molecular weight is 366 g/mol. The SMILES string of the molecule is FC(F)(F)CCCOCc1ccc(CNC2CC2)cc1Br. The van der Waals surface area contributed by atoms with Gasteiger partial charge in [-0.2, -0.15) is 13.2 Å². The molecule has 0 bridgehead atoms. The lowest BCUT2D eigenvalue weighted by Gasteiger charge is -2.10. The fraction of sp³-hybridized carbons (Fsp3) is 0.600. The zero-order chi connectivity index (χ0) is 15.3. The summed E-state index contributed by atoms with van der Waals surface area (Å²) >= 11 is 3.48. The molecule has 2 nitrogen and oxygen atoms in total. The predicted octanol–water partition coefficient (Wildman–Crippen LogP) is 4.56. The van der Waals surface area contributed by atoms with Crippen LogP contribution in [0.2, 0.25) is 0 Å². The molecule has 0 spiro atoms. The third kappa shape index (κ3) is 6.80. The largest absolute Gasteiger partial charge is 0.389 e. The minimum atomic E-state index is -4.10. The molecule has 6 heteroatoms. The second-order valence-corrected chi connectivity index (χ2v) is 6.21. The van der Waals surface area contributed by atoms with Crippen LogP contribution in [0, 0.1) is 0 Å². The average Bonchev–Trinajstić information content (AvgIpc) is 3.21. The minimum absolute atomic E-state index is 0.00448. The van der Waals surface area contributed by atoms with E-state index in [1.54, 1.807) is 0 Å². The van der Waals surface area contributed by atoms with Crippen LogP contribution in [0.25, 0.3) is 0 Å². The molecule has 2 rings (SSSR count). The Morgan fingerprint density at radius 2 is 2.05 bits per heavy atom. The van der Waals surface area contributed by atoms with Gasteiger partial charge in [0.05, 0.1) is 6.61 Å². The van der Waals surface area contributed by atoms with E-state index in [9.17, 15) is 13.2 Å². The van der Waals surface area contributed by atoms with Crippen LogP contribution in [0.1, 0.15) is 36.8 Å². The van der Waals surface area contributed by atoms with Crippen LogP contribution in [0.4, 0.5) is 13.2 Å². The Kier molecular flexibility index (Phi) is 6.08. The number of ether oxygens (including phenoxy) is 1. The first-order valence-corrected chi connectivity index (χ1v) is 7.88. The molecule has 0 atom stereocenters. The van der Waals surface area contributed by atoms with Crippen molar-refractivity contribution in [1.29, 1.82) is 0 Å². The maximum Gasteiger partial charge on any atom is 0.389 e. The quantitative estimate of drug-likeness (QED) is 0.681. The van der Waals surface area contributed by atoms with Crippen molar-refractivity contribution in [2.24, 2.45) is 0 Å². The molecule has 0 saturated heterocycles. The maximum absolute atomic E-state index is 12.0. The van der Waals surface area contributed by atoms with Crippen molar-refractivity contribution in [1.82, 2.24) is 5.32 Å². The van der Waals surface area contributed by atoms with Gasteiger partial charge >= 0.3 is 6.18 Å². The van der Waals surface area contributed by atoms with Gasteiger partial charge in [0.2, 0.25) is 0 Å². The fourth-order valence-electron chi connectivity index (χ4n) is 1.92. The van der Waals surface area contributed by atoms with Crippen LogP contribution in [-0.2, 0) is 17.9 Å². The van der Waals surface area contributed by atoms with E-state index in [4.69, 9.17) is 4.74 Å². The Labute approximate surface area is 131 Å². The number of nitrogens with one attached hydrogen (secondary N) is 1. The van der Waals surface area contributed by atoms with Gasteiger partial charge < -0.3 is 10.1 Å². The van der Waals surface area contributed by atoms with Gasteiger partial charge in [0, 0.05) is 30.1 Å². The lowest BCUT2D eigenvalue weighted by molar-refractivity contribution is -0.138. The summed E-state index contributed by atoms with van der Waals surface area (Å²) in [7, 11) is 0. The second-order valence-electron chi connectivity index (χ2n) is 5.35. The molecule has 1 aromatic carbocycles. The van der Waals surface area contributed by atoms with Crippen LogP contribution in [0.5, 0.6) is 0 Å². The number of halogens is 4. The zero-order valence-electron chi connectivity index (χ0n) is 11.7. The Bertz CT molecular complexity index is 461. The molecule has 1 aliphatic rings. The van der Waals surface area contributed by atoms with Crippen molar-refractivity contribution in [3.63, 3.8) is 0 Å². The van der Waals surface area contributed by atoms with Gasteiger partial charge in [-0.05, 0) is 36.5 Å². The molecule has 0 unspecified atom stereocenters. The van der Waals surface area contributed by atoms with Crippen molar-refractivity contribution in [3.8, 4) is 0 Å².